The summed E-state index contributed by atoms with van der Waals surface area (Å²) in [4.78, 5) is 20.2. The third-order valence-corrected chi connectivity index (χ3v) is 2.25. The summed E-state index contributed by atoms with van der Waals surface area (Å²) in [5.41, 5.74) is 6.05. The van der Waals surface area contributed by atoms with Crippen molar-refractivity contribution in [2.24, 2.45) is 0 Å². The van der Waals surface area contributed by atoms with Gasteiger partial charge in [-0.25, -0.2) is 9.97 Å². The Morgan fingerprint density at radius 3 is 2.89 bits per heavy atom. The van der Waals surface area contributed by atoms with Crippen molar-refractivity contribution < 1.29 is 9.32 Å². The number of anilines is 2. The van der Waals surface area contributed by atoms with E-state index in [1.807, 2.05) is 13.8 Å². The molecule has 0 atom stereocenters. The van der Waals surface area contributed by atoms with Crippen molar-refractivity contribution in [1.82, 2.24) is 15.1 Å². The predicted octanol–water partition coefficient (Wildman–Crippen LogP) is 1.42. The molecule has 2 aromatic heterocycles. The Labute approximate surface area is 103 Å². The van der Waals surface area contributed by atoms with Crippen molar-refractivity contribution in [3.63, 3.8) is 0 Å². The van der Waals surface area contributed by atoms with Gasteiger partial charge in [-0.3, -0.25) is 4.79 Å². The first-order chi connectivity index (χ1) is 8.58. The van der Waals surface area contributed by atoms with Crippen LogP contribution in [0.1, 0.15) is 36.1 Å². The molecule has 1 amide bonds. The summed E-state index contributed by atoms with van der Waals surface area (Å²) in [6.07, 6.45) is 2.79. The van der Waals surface area contributed by atoms with Crippen LogP contribution in [0.15, 0.2) is 23.0 Å². The first-order valence-corrected chi connectivity index (χ1v) is 5.42. The summed E-state index contributed by atoms with van der Waals surface area (Å²) in [5.74, 6) is 0.550. The third kappa shape index (κ3) is 2.45. The number of nitrogens with two attached hydrogens (primary N) is 1. The van der Waals surface area contributed by atoms with E-state index in [2.05, 4.69) is 25.0 Å². The molecule has 0 aliphatic carbocycles. The summed E-state index contributed by atoms with van der Waals surface area (Å²) < 4.78 is 4.61. The average molecular weight is 247 g/mol. The van der Waals surface area contributed by atoms with E-state index in [0.29, 0.717) is 11.6 Å². The number of nitrogens with one attached hydrogen (secondary N) is 1. The Hall–Kier alpha value is -2.44. The highest BCUT2D eigenvalue weighted by atomic mass is 16.5. The largest absolute Gasteiger partial charge is 0.396 e. The molecular formula is C11H13N5O2. The van der Waals surface area contributed by atoms with Crippen molar-refractivity contribution in [2.45, 2.75) is 19.8 Å². The molecule has 0 saturated heterocycles. The van der Waals surface area contributed by atoms with Crippen LogP contribution in [0.3, 0.4) is 0 Å². The summed E-state index contributed by atoms with van der Waals surface area (Å²) >= 11 is 0. The van der Waals surface area contributed by atoms with Crippen LogP contribution in [-0.4, -0.2) is 21.0 Å². The second kappa shape index (κ2) is 4.82. The van der Waals surface area contributed by atoms with Gasteiger partial charge in [-0.15, -0.1) is 0 Å². The molecule has 2 heterocycles. The van der Waals surface area contributed by atoms with E-state index in [9.17, 15) is 4.79 Å². The Bertz CT molecular complexity index is 551. The zero-order valence-corrected chi connectivity index (χ0v) is 10.0. The number of nitrogen functional groups attached to an aromatic ring is 1. The van der Waals surface area contributed by atoms with E-state index < -0.39 is 5.91 Å². The lowest BCUT2D eigenvalue weighted by molar-refractivity contribution is 0.102. The van der Waals surface area contributed by atoms with E-state index in [1.54, 1.807) is 0 Å². The van der Waals surface area contributed by atoms with Gasteiger partial charge in [0.2, 0.25) is 0 Å². The fourth-order valence-corrected chi connectivity index (χ4v) is 1.32. The standard InChI is InChI=1S/C11H13N5O2/c1-6(2)10-13-5-7(12)9(15-10)11(17)14-8-3-4-18-16-8/h3-6H,12H2,1-2H3,(H,14,16,17). The fraction of sp³-hybridized carbons (Fsp3) is 0.273. The van der Waals surface area contributed by atoms with Crippen molar-refractivity contribution in [1.29, 1.82) is 0 Å². The van der Waals surface area contributed by atoms with Crippen LogP contribution >= 0.6 is 0 Å². The second-order valence-corrected chi connectivity index (χ2v) is 4.03. The molecule has 94 valence electrons. The minimum atomic E-state index is -0.439. The first kappa shape index (κ1) is 12.0. The van der Waals surface area contributed by atoms with E-state index in [0.717, 1.165) is 0 Å². The normalized spacial score (nSPS) is 10.6. The van der Waals surface area contributed by atoms with Crippen molar-refractivity contribution in [3.05, 3.63) is 30.0 Å². The minimum Gasteiger partial charge on any atom is -0.396 e. The van der Waals surface area contributed by atoms with E-state index >= 15 is 0 Å². The Kier molecular flexibility index (Phi) is 3.22. The Balaban J connectivity index is 2.26. The number of carbonyl (C=O) groups excluding carboxylic acids is 1. The van der Waals surface area contributed by atoms with Gasteiger partial charge in [0.15, 0.2) is 11.5 Å². The summed E-state index contributed by atoms with van der Waals surface area (Å²) in [5, 5.41) is 6.11. The molecule has 0 unspecified atom stereocenters. The molecule has 7 heteroatoms. The number of hydrogen-bond donors (Lipinski definition) is 2. The van der Waals surface area contributed by atoms with E-state index in [1.165, 1.54) is 18.5 Å². The highest BCUT2D eigenvalue weighted by molar-refractivity contribution is 6.05. The zero-order chi connectivity index (χ0) is 13.1. The van der Waals surface area contributed by atoms with Gasteiger partial charge in [-0.1, -0.05) is 19.0 Å². The third-order valence-electron chi connectivity index (χ3n) is 2.25. The van der Waals surface area contributed by atoms with Gasteiger partial charge >= 0.3 is 0 Å². The van der Waals surface area contributed by atoms with Crippen LogP contribution in [0.4, 0.5) is 11.5 Å². The monoisotopic (exact) mass is 247 g/mol. The lowest BCUT2D eigenvalue weighted by atomic mass is 10.2. The Morgan fingerprint density at radius 2 is 2.28 bits per heavy atom. The molecule has 0 aromatic carbocycles. The molecule has 0 aliphatic rings. The molecule has 3 N–H and O–H groups in total. The van der Waals surface area contributed by atoms with Crippen LogP contribution < -0.4 is 11.1 Å². The number of rotatable bonds is 3. The molecule has 0 fully saturated rings. The zero-order valence-electron chi connectivity index (χ0n) is 10.0. The van der Waals surface area contributed by atoms with Gasteiger partial charge in [-0.2, -0.15) is 0 Å². The molecule has 18 heavy (non-hydrogen) atoms. The molecule has 2 rings (SSSR count). The van der Waals surface area contributed by atoms with Crippen molar-refractivity contribution in [3.8, 4) is 0 Å². The molecule has 0 saturated carbocycles. The second-order valence-electron chi connectivity index (χ2n) is 4.03. The van der Waals surface area contributed by atoms with Crippen LogP contribution in [0.25, 0.3) is 0 Å². The first-order valence-electron chi connectivity index (χ1n) is 5.42. The maximum Gasteiger partial charge on any atom is 0.277 e. The van der Waals surface area contributed by atoms with E-state index in [-0.39, 0.29) is 17.3 Å². The molecule has 0 radical (unpaired) electrons. The lowest BCUT2D eigenvalue weighted by Crippen LogP contribution is -2.18. The topological polar surface area (TPSA) is 107 Å². The predicted molar refractivity (Wildman–Crippen MR) is 65.0 cm³/mol. The summed E-state index contributed by atoms with van der Waals surface area (Å²) in [6, 6.07) is 1.53. The number of aromatic nitrogens is 3. The average Bonchev–Trinajstić information content (AvgIpc) is 2.81. The highest BCUT2D eigenvalue weighted by Crippen LogP contribution is 2.14. The number of nitrogens with zero attached hydrogens (tertiary/aromatic N) is 3. The summed E-state index contributed by atoms with van der Waals surface area (Å²) in [7, 11) is 0. The van der Waals surface area contributed by atoms with E-state index in [4.69, 9.17) is 5.73 Å². The fourth-order valence-electron chi connectivity index (χ4n) is 1.32. The van der Waals surface area contributed by atoms with Crippen LogP contribution in [0.5, 0.6) is 0 Å². The van der Waals surface area contributed by atoms with Crippen LogP contribution in [-0.2, 0) is 0 Å². The number of amides is 1. The quantitative estimate of drug-likeness (QED) is 0.849. The van der Waals surface area contributed by atoms with Gasteiger partial charge in [0.25, 0.3) is 5.91 Å². The molecule has 0 aliphatic heterocycles. The van der Waals surface area contributed by atoms with Crippen LogP contribution in [0, 0.1) is 0 Å². The maximum absolute atomic E-state index is 11.9. The number of carbonyl (C=O) groups is 1. The molecule has 2 aromatic rings. The SMILES string of the molecule is CC(C)c1ncc(N)c(C(=O)Nc2ccon2)n1. The maximum atomic E-state index is 11.9. The van der Waals surface area contributed by atoms with Gasteiger partial charge in [-0.05, 0) is 0 Å². The van der Waals surface area contributed by atoms with Gasteiger partial charge in [0.05, 0.1) is 11.9 Å². The van der Waals surface area contributed by atoms with Gasteiger partial charge < -0.3 is 15.6 Å². The van der Waals surface area contributed by atoms with Gasteiger partial charge in [0.1, 0.15) is 12.1 Å². The smallest absolute Gasteiger partial charge is 0.277 e. The lowest BCUT2D eigenvalue weighted by Gasteiger charge is -2.08. The summed E-state index contributed by atoms with van der Waals surface area (Å²) in [6.45, 7) is 3.87. The van der Waals surface area contributed by atoms with Crippen LogP contribution in [0.2, 0.25) is 0 Å². The number of hydrogen-bond acceptors (Lipinski definition) is 6. The molecular weight excluding hydrogens is 234 g/mol. The molecule has 0 bridgehead atoms. The highest BCUT2D eigenvalue weighted by Gasteiger charge is 2.15. The van der Waals surface area contributed by atoms with Crippen molar-refractivity contribution in [2.75, 3.05) is 11.1 Å². The molecule has 7 nitrogen and oxygen atoms in total. The van der Waals surface area contributed by atoms with Gasteiger partial charge in [0, 0.05) is 12.0 Å². The Morgan fingerprint density at radius 1 is 1.50 bits per heavy atom. The van der Waals surface area contributed by atoms with Crippen molar-refractivity contribution >= 4 is 17.4 Å². The minimum absolute atomic E-state index is 0.115. The molecule has 0 spiro atoms.